The Bertz CT molecular complexity index is 465. The molecule has 0 aliphatic heterocycles. The monoisotopic (exact) mass is 210 g/mol. The van der Waals surface area contributed by atoms with Crippen LogP contribution in [0.25, 0.3) is 0 Å². The zero-order valence-electron chi connectivity index (χ0n) is 9.05. The second kappa shape index (κ2) is 4.62. The first-order valence-electron chi connectivity index (χ1n) is 5.08. The molecule has 0 spiro atoms. The summed E-state index contributed by atoms with van der Waals surface area (Å²) in [6, 6.07) is 19.5. The molecule has 0 unspecified atom stereocenters. The fraction of sp³-hybridized carbons (Fsp3) is 0.0714. The highest BCUT2D eigenvalue weighted by atomic mass is 16.2. The fourth-order valence-corrected chi connectivity index (χ4v) is 1.49. The first kappa shape index (κ1) is 10.4. The van der Waals surface area contributed by atoms with E-state index in [4.69, 9.17) is 0 Å². The van der Waals surface area contributed by atoms with Crippen LogP contribution in [0, 0.1) is 6.07 Å². The van der Waals surface area contributed by atoms with Gasteiger partial charge >= 0.3 is 0 Å². The van der Waals surface area contributed by atoms with E-state index in [-0.39, 0.29) is 5.91 Å². The van der Waals surface area contributed by atoms with Gasteiger partial charge in [0.15, 0.2) is 0 Å². The summed E-state index contributed by atoms with van der Waals surface area (Å²) in [5.41, 5.74) is 1.56. The van der Waals surface area contributed by atoms with Crippen molar-refractivity contribution in [2.24, 2.45) is 0 Å². The lowest BCUT2D eigenvalue weighted by molar-refractivity contribution is 0.0993. The Morgan fingerprint density at radius 3 is 2.31 bits per heavy atom. The number of hydrogen-bond donors (Lipinski definition) is 0. The minimum absolute atomic E-state index is 0.00759. The second-order valence-corrected chi connectivity index (χ2v) is 3.49. The maximum Gasteiger partial charge on any atom is 0.258 e. The van der Waals surface area contributed by atoms with Gasteiger partial charge in [-0.15, -0.1) is 0 Å². The Kier molecular flexibility index (Phi) is 3.01. The SMILES string of the molecule is CN(C(=O)c1ccccc1)c1cc[c]cc1. The second-order valence-electron chi connectivity index (χ2n) is 3.49. The van der Waals surface area contributed by atoms with Crippen LogP contribution in [0.4, 0.5) is 5.69 Å². The van der Waals surface area contributed by atoms with Crippen LogP contribution in [-0.2, 0) is 0 Å². The summed E-state index contributed by atoms with van der Waals surface area (Å²) in [5.74, 6) is -0.00759. The molecule has 2 heteroatoms. The molecule has 2 aromatic rings. The molecule has 2 rings (SSSR count). The topological polar surface area (TPSA) is 20.3 Å². The lowest BCUT2D eigenvalue weighted by Gasteiger charge is -2.16. The van der Waals surface area contributed by atoms with Crippen molar-refractivity contribution < 1.29 is 4.79 Å². The van der Waals surface area contributed by atoms with Gasteiger partial charge in [0, 0.05) is 18.3 Å². The van der Waals surface area contributed by atoms with Crippen molar-refractivity contribution in [3.05, 3.63) is 66.2 Å². The number of rotatable bonds is 2. The Labute approximate surface area is 95.1 Å². The molecule has 1 radical (unpaired) electrons. The summed E-state index contributed by atoms with van der Waals surface area (Å²) in [5, 5.41) is 0. The van der Waals surface area contributed by atoms with Gasteiger partial charge in [0.2, 0.25) is 0 Å². The highest BCUT2D eigenvalue weighted by molar-refractivity contribution is 6.05. The molecular formula is C14H12NO. The number of hydrogen-bond acceptors (Lipinski definition) is 1. The minimum atomic E-state index is -0.00759. The van der Waals surface area contributed by atoms with E-state index in [9.17, 15) is 4.79 Å². The van der Waals surface area contributed by atoms with E-state index >= 15 is 0 Å². The van der Waals surface area contributed by atoms with Crippen LogP contribution in [0.3, 0.4) is 0 Å². The highest BCUT2D eigenvalue weighted by Crippen LogP contribution is 2.14. The predicted molar refractivity (Wildman–Crippen MR) is 64.5 cm³/mol. The van der Waals surface area contributed by atoms with Gasteiger partial charge in [-0.3, -0.25) is 4.79 Å². The zero-order valence-corrected chi connectivity index (χ0v) is 9.05. The molecule has 0 fully saturated rings. The summed E-state index contributed by atoms with van der Waals surface area (Å²) in [4.78, 5) is 13.7. The Balaban J connectivity index is 2.24. The number of nitrogens with zero attached hydrogens (tertiary/aromatic N) is 1. The van der Waals surface area contributed by atoms with Crippen molar-refractivity contribution in [3.8, 4) is 0 Å². The summed E-state index contributed by atoms with van der Waals surface area (Å²) in [6.45, 7) is 0. The van der Waals surface area contributed by atoms with Crippen molar-refractivity contribution in [3.63, 3.8) is 0 Å². The molecule has 16 heavy (non-hydrogen) atoms. The first-order valence-corrected chi connectivity index (χ1v) is 5.08. The number of anilines is 1. The summed E-state index contributed by atoms with van der Waals surface area (Å²) < 4.78 is 0. The number of carbonyl (C=O) groups excluding carboxylic acids is 1. The van der Waals surface area contributed by atoms with Crippen LogP contribution in [0.5, 0.6) is 0 Å². The van der Waals surface area contributed by atoms with Crippen molar-refractivity contribution in [2.75, 3.05) is 11.9 Å². The highest BCUT2D eigenvalue weighted by Gasteiger charge is 2.11. The van der Waals surface area contributed by atoms with Gasteiger partial charge in [-0.05, 0) is 30.3 Å². The van der Waals surface area contributed by atoms with Crippen molar-refractivity contribution in [2.45, 2.75) is 0 Å². The zero-order chi connectivity index (χ0) is 11.4. The Morgan fingerprint density at radius 2 is 1.69 bits per heavy atom. The molecule has 2 aromatic carbocycles. The number of amides is 1. The van der Waals surface area contributed by atoms with Gasteiger partial charge in [-0.2, -0.15) is 0 Å². The molecular weight excluding hydrogens is 198 g/mol. The van der Waals surface area contributed by atoms with Gasteiger partial charge in [-0.25, -0.2) is 0 Å². The quantitative estimate of drug-likeness (QED) is 0.746. The molecule has 0 saturated carbocycles. The van der Waals surface area contributed by atoms with E-state index in [1.54, 1.807) is 24.1 Å². The standard InChI is InChI=1S/C14H12NO/c1-15(13-10-6-3-7-11-13)14(16)12-8-4-2-5-9-12/h2,4-11H,1H3. The van der Waals surface area contributed by atoms with E-state index < -0.39 is 0 Å². The molecule has 0 heterocycles. The molecule has 0 saturated heterocycles. The van der Waals surface area contributed by atoms with Gasteiger partial charge in [-0.1, -0.05) is 30.3 Å². The fourth-order valence-electron chi connectivity index (χ4n) is 1.49. The van der Waals surface area contributed by atoms with Gasteiger partial charge < -0.3 is 4.90 Å². The van der Waals surface area contributed by atoms with Crippen LogP contribution in [0.1, 0.15) is 10.4 Å². The smallest absolute Gasteiger partial charge is 0.258 e. The maximum absolute atomic E-state index is 12.1. The summed E-state index contributed by atoms with van der Waals surface area (Å²) in [7, 11) is 1.77. The van der Waals surface area contributed by atoms with Gasteiger partial charge in [0.25, 0.3) is 5.91 Å². The summed E-state index contributed by atoms with van der Waals surface area (Å²) >= 11 is 0. The lowest BCUT2D eigenvalue weighted by atomic mass is 10.2. The van der Waals surface area contributed by atoms with E-state index in [1.165, 1.54) is 0 Å². The Morgan fingerprint density at radius 1 is 1.06 bits per heavy atom. The van der Waals surface area contributed by atoms with E-state index in [2.05, 4.69) is 6.07 Å². The van der Waals surface area contributed by atoms with Crippen LogP contribution in [-0.4, -0.2) is 13.0 Å². The summed E-state index contributed by atoms with van der Waals surface area (Å²) in [6.07, 6.45) is 0. The third-order valence-corrected chi connectivity index (χ3v) is 2.41. The molecule has 0 aromatic heterocycles. The van der Waals surface area contributed by atoms with Crippen LogP contribution < -0.4 is 4.90 Å². The molecule has 0 aliphatic carbocycles. The van der Waals surface area contributed by atoms with Gasteiger partial charge in [0.1, 0.15) is 0 Å². The van der Waals surface area contributed by atoms with Crippen LogP contribution >= 0.6 is 0 Å². The molecule has 0 N–H and O–H groups in total. The van der Waals surface area contributed by atoms with Crippen molar-refractivity contribution in [1.82, 2.24) is 0 Å². The van der Waals surface area contributed by atoms with Gasteiger partial charge in [0.05, 0.1) is 0 Å². The third kappa shape index (κ3) is 2.11. The van der Waals surface area contributed by atoms with E-state index in [0.717, 1.165) is 5.69 Å². The molecule has 2 nitrogen and oxygen atoms in total. The largest absolute Gasteiger partial charge is 0.311 e. The average molecular weight is 210 g/mol. The number of benzene rings is 2. The van der Waals surface area contributed by atoms with Crippen molar-refractivity contribution >= 4 is 11.6 Å². The van der Waals surface area contributed by atoms with E-state index in [1.807, 2.05) is 42.5 Å². The molecule has 0 bridgehead atoms. The average Bonchev–Trinajstić information content (AvgIpc) is 2.39. The number of carbonyl (C=O) groups is 1. The van der Waals surface area contributed by atoms with E-state index in [0.29, 0.717) is 5.56 Å². The molecule has 0 atom stereocenters. The molecule has 1 amide bonds. The molecule has 0 aliphatic rings. The van der Waals surface area contributed by atoms with Crippen LogP contribution in [0.15, 0.2) is 54.6 Å². The lowest BCUT2D eigenvalue weighted by Crippen LogP contribution is -2.25. The van der Waals surface area contributed by atoms with Crippen molar-refractivity contribution in [1.29, 1.82) is 0 Å². The first-order chi connectivity index (χ1) is 7.79. The third-order valence-electron chi connectivity index (χ3n) is 2.41. The minimum Gasteiger partial charge on any atom is -0.311 e. The predicted octanol–water partition coefficient (Wildman–Crippen LogP) is 2.76. The maximum atomic E-state index is 12.1. The normalized spacial score (nSPS) is 9.81. The Hall–Kier alpha value is -2.09. The van der Waals surface area contributed by atoms with Crippen LogP contribution in [0.2, 0.25) is 0 Å². The molecule has 79 valence electrons.